The number of aromatic nitrogens is 1. The van der Waals surface area contributed by atoms with Gasteiger partial charge in [-0.3, -0.25) is 4.79 Å². The van der Waals surface area contributed by atoms with Crippen molar-refractivity contribution in [3.05, 3.63) is 52.8 Å². The highest BCUT2D eigenvalue weighted by Gasteiger charge is 2.42. The maximum atomic E-state index is 13.3. The molecule has 0 radical (unpaired) electrons. The zero-order chi connectivity index (χ0) is 25.1. The van der Waals surface area contributed by atoms with Gasteiger partial charge in [-0.15, -0.1) is 0 Å². The van der Waals surface area contributed by atoms with Crippen molar-refractivity contribution >= 4 is 27.5 Å². The number of nitrogens with one attached hydrogen (secondary N) is 1. The first kappa shape index (κ1) is 26.1. The highest BCUT2D eigenvalue weighted by atomic mass is 35.5. The quantitative estimate of drug-likeness (QED) is 0.604. The van der Waals surface area contributed by atoms with E-state index in [1.807, 2.05) is 6.07 Å². The highest BCUT2D eigenvalue weighted by Crippen LogP contribution is 2.34. The van der Waals surface area contributed by atoms with Gasteiger partial charge in [0.25, 0.3) is 0 Å². The van der Waals surface area contributed by atoms with Crippen LogP contribution in [0.1, 0.15) is 30.5 Å². The van der Waals surface area contributed by atoms with Crippen molar-refractivity contribution in [3.8, 4) is 6.07 Å². The first-order valence-corrected chi connectivity index (χ1v) is 12.5. The molecule has 1 aromatic heterocycles. The summed E-state index contributed by atoms with van der Waals surface area (Å²) in [6.07, 6.45) is -3.20. The summed E-state index contributed by atoms with van der Waals surface area (Å²) in [7, 11) is -4.23. The third-order valence-corrected chi connectivity index (χ3v) is 8.00. The third kappa shape index (κ3) is 5.92. The molecule has 12 heteroatoms. The molecule has 7 nitrogen and oxygen atoms in total. The van der Waals surface area contributed by atoms with Crippen LogP contribution in [0.2, 0.25) is 5.02 Å². The number of nitrogens with zero attached hydrogens (tertiary/aromatic N) is 3. The highest BCUT2D eigenvalue weighted by molar-refractivity contribution is 7.89. The van der Waals surface area contributed by atoms with E-state index in [1.165, 1.54) is 11.0 Å². The van der Waals surface area contributed by atoms with Crippen LogP contribution in [-0.4, -0.2) is 49.1 Å². The molecule has 1 aliphatic rings. The number of hydrogen-bond acceptors (Lipinski definition) is 4. The molecule has 3 rings (SSSR count). The van der Waals surface area contributed by atoms with Crippen molar-refractivity contribution in [1.29, 1.82) is 5.26 Å². The Labute approximate surface area is 201 Å². The number of aryl methyl sites for hydroxylation is 2. The van der Waals surface area contributed by atoms with Crippen LogP contribution in [-0.2, 0) is 21.4 Å². The maximum absolute atomic E-state index is 13.3. The molecule has 1 N–H and O–H groups in total. The summed E-state index contributed by atoms with van der Waals surface area (Å²) in [4.78, 5) is 14.4. The summed E-state index contributed by atoms with van der Waals surface area (Å²) in [5.41, 5.74) is 0.719. The Morgan fingerprint density at radius 1 is 1.26 bits per heavy atom. The van der Waals surface area contributed by atoms with Crippen LogP contribution in [0.4, 0.5) is 13.2 Å². The average Bonchev–Trinajstić information content (AvgIpc) is 3.23. The van der Waals surface area contributed by atoms with Gasteiger partial charge < -0.3 is 9.47 Å². The van der Waals surface area contributed by atoms with Gasteiger partial charge in [-0.05, 0) is 49.9 Å². The van der Waals surface area contributed by atoms with Gasteiger partial charge in [0.1, 0.15) is 22.7 Å². The molecule has 2 heterocycles. The number of alkyl halides is 3. The molecule has 1 aromatic carbocycles. The minimum atomic E-state index is -4.33. The second-order valence-electron chi connectivity index (χ2n) is 8.19. The Bertz CT molecular complexity index is 1160. The summed E-state index contributed by atoms with van der Waals surface area (Å²) < 4.78 is 69.4. The molecule has 0 spiro atoms. The minimum Gasteiger partial charge on any atom is -0.341 e. The summed E-state index contributed by atoms with van der Waals surface area (Å²) >= 11 is 6.12. The number of carbonyl (C=O) groups is 1. The lowest BCUT2D eigenvalue weighted by molar-refractivity contribution is -0.186. The zero-order valence-electron chi connectivity index (χ0n) is 18.3. The molecule has 34 heavy (non-hydrogen) atoms. The van der Waals surface area contributed by atoms with E-state index in [9.17, 15) is 31.6 Å². The van der Waals surface area contributed by atoms with E-state index >= 15 is 0 Å². The lowest BCUT2D eigenvalue weighted by Gasteiger charge is -2.35. The number of likely N-dealkylation sites (tertiary alicyclic amines) is 1. The number of rotatable bonds is 7. The van der Waals surface area contributed by atoms with E-state index in [0.29, 0.717) is 11.3 Å². The number of carbonyl (C=O) groups excluding carboxylic acids is 1. The summed E-state index contributed by atoms with van der Waals surface area (Å²) in [6.45, 7) is 1.46. The first-order chi connectivity index (χ1) is 15.9. The van der Waals surface area contributed by atoms with E-state index in [1.54, 1.807) is 42.0 Å². The SMILES string of the molecule is Cc1cccc(Cl)c1S(=O)(=O)NC(CCn1cccc1C#N)C(=O)N1CCC(C(F)(F)F)CC1. The predicted octanol–water partition coefficient (Wildman–Crippen LogP) is 3.86. The summed E-state index contributed by atoms with van der Waals surface area (Å²) in [5, 5.41) is 9.20. The smallest absolute Gasteiger partial charge is 0.341 e. The first-order valence-electron chi connectivity index (χ1n) is 10.6. The second-order valence-corrected chi connectivity index (χ2v) is 10.2. The summed E-state index contributed by atoms with van der Waals surface area (Å²) in [5.74, 6) is -2.10. The van der Waals surface area contributed by atoms with Gasteiger partial charge in [-0.1, -0.05) is 23.7 Å². The largest absolute Gasteiger partial charge is 0.391 e. The molecule has 184 valence electrons. The molecule has 2 aromatic rings. The molecular formula is C22H24ClF3N4O3S. The normalized spacial score (nSPS) is 16.3. The fraction of sp³-hybridized carbons (Fsp3) is 0.455. The molecule has 1 atom stereocenters. The lowest BCUT2D eigenvalue weighted by Crippen LogP contribution is -2.52. The van der Waals surface area contributed by atoms with Crippen molar-refractivity contribution in [1.82, 2.24) is 14.2 Å². The van der Waals surface area contributed by atoms with Crippen LogP contribution in [0.25, 0.3) is 0 Å². The Morgan fingerprint density at radius 2 is 1.94 bits per heavy atom. The standard InChI is InChI=1S/C22H24ClF3N4O3S/c1-15-4-2-6-18(23)20(15)34(32,33)28-19(9-13-29-10-3-5-17(29)14-27)21(31)30-11-7-16(8-12-30)22(24,25)26/h2-6,10,16,19,28H,7-9,11-13H2,1H3. The van der Waals surface area contributed by atoms with Crippen LogP contribution in [0.5, 0.6) is 0 Å². The number of hydrogen-bond donors (Lipinski definition) is 1. The van der Waals surface area contributed by atoms with Gasteiger partial charge in [0.15, 0.2) is 0 Å². The minimum absolute atomic E-state index is 0.00980. The van der Waals surface area contributed by atoms with E-state index in [-0.39, 0.29) is 48.8 Å². The number of halogens is 4. The molecular weight excluding hydrogens is 493 g/mol. The van der Waals surface area contributed by atoms with Crippen molar-refractivity contribution in [2.75, 3.05) is 13.1 Å². The van der Waals surface area contributed by atoms with Gasteiger partial charge in [0.2, 0.25) is 15.9 Å². The fourth-order valence-electron chi connectivity index (χ4n) is 4.06. The molecule has 1 unspecified atom stereocenters. The molecule has 0 saturated carbocycles. The fourth-order valence-corrected chi connectivity index (χ4v) is 6.12. The predicted molar refractivity (Wildman–Crippen MR) is 119 cm³/mol. The molecule has 1 saturated heterocycles. The molecule has 1 amide bonds. The number of amides is 1. The van der Waals surface area contributed by atoms with Gasteiger partial charge in [-0.25, -0.2) is 8.42 Å². The summed E-state index contributed by atoms with van der Waals surface area (Å²) in [6, 6.07) is 8.56. The van der Waals surface area contributed by atoms with Crippen LogP contribution < -0.4 is 4.72 Å². The Kier molecular flexibility index (Phi) is 7.95. The van der Waals surface area contributed by atoms with Crippen LogP contribution in [0, 0.1) is 24.2 Å². The van der Waals surface area contributed by atoms with E-state index in [4.69, 9.17) is 11.6 Å². The van der Waals surface area contributed by atoms with Crippen LogP contribution in [0.3, 0.4) is 0 Å². The van der Waals surface area contributed by atoms with Gasteiger partial charge in [0, 0.05) is 25.8 Å². The Morgan fingerprint density at radius 3 is 2.53 bits per heavy atom. The van der Waals surface area contributed by atoms with Gasteiger partial charge in [0.05, 0.1) is 10.9 Å². The topological polar surface area (TPSA) is 95.2 Å². The van der Waals surface area contributed by atoms with E-state index < -0.39 is 34.1 Å². The maximum Gasteiger partial charge on any atom is 0.391 e. The van der Waals surface area contributed by atoms with E-state index in [2.05, 4.69) is 4.72 Å². The molecule has 0 aliphatic carbocycles. The number of nitriles is 1. The third-order valence-electron chi connectivity index (χ3n) is 5.90. The monoisotopic (exact) mass is 516 g/mol. The van der Waals surface area contributed by atoms with Crippen LogP contribution in [0.15, 0.2) is 41.4 Å². The van der Waals surface area contributed by atoms with Crippen molar-refractivity contribution in [2.24, 2.45) is 5.92 Å². The molecule has 0 bridgehead atoms. The molecule has 1 aliphatic heterocycles. The Balaban J connectivity index is 1.83. The van der Waals surface area contributed by atoms with E-state index in [0.717, 1.165) is 0 Å². The van der Waals surface area contributed by atoms with Crippen molar-refractivity contribution in [3.63, 3.8) is 0 Å². The second kappa shape index (κ2) is 10.4. The number of sulfonamides is 1. The average molecular weight is 517 g/mol. The van der Waals surface area contributed by atoms with Crippen molar-refractivity contribution < 1.29 is 26.4 Å². The van der Waals surface area contributed by atoms with Crippen LogP contribution >= 0.6 is 11.6 Å². The lowest BCUT2D eigenvalue weighted by atomic mass is 9.95. The van der Waals surface area contributed by atoms with Gasteiger partial charge >= 0.3 is 6.18 Å². The van der Waals surface area contributed by atoms with Crippen molar-refractivity contribution in [2.45, 2.75) is 49.8 Å². The molecule has 1 fully saturated rings. The number of benzene rings is 1. The zero-order valence-corrected chi connectivity index (χ0v) is 19.9. The number of piperidine rings is 1. The van der Waals surface area contributed by atoms with Gasteiger partial charge in [-0.2, -0.15) is 23.2 Å². The Hall–Kier alpha value is -2.55.